The van der Waals surface area contributed by atoms with Gasteiger partial charge in [-0.05, 0) is 49.4 Å². The summed E-state index contributed by atoms with van der Waals surface area (Å²) in [5.74, 6) is 1.18. The molecule has 2 aromatic carbocycles. The van der Waals surface area contributed by atoms with Crippen LogP contribution in [0.1, 0.15) is 42.9 Å². The van der Waals surface area contributed by atoms with E-state index in [-0.39, 0.29) is 23.7 Å². The minimum absolute atomic E-state index is 0.0768. The van der Waals surface area contributed by atoms with E-state index in [1.54, 1.807) is 0 Å². The van der Waals surface area contributed by atoms with Crippen LogP contribution in [0.15, 0.2) is 58.0 Å². The fourth-order valence-corrected chi connectivity index (χ4v) is 5.74. The molecule has 6 rings (SSSR count). The van der Waals surface area contributed by atoms with Gasteiger partial charge in [0.2, 0.25) is 0 Å². The number of hydrogen-bond acceptors (Lipinski definition) is 4. The Morgan fingerprint density at radius 2 is 1.93 bits per heavy atom. The second kappa shape index (κ2) is 6.68. The lowest BCUT2D eigenvalue weighted by Gasteiger charge is -2.70. The Hall–Kier alpha value is -1.69. The number of aliphatic hydroxyl groups is 1. The second-order valence-electron chi connectivity index (χ2n) is 8.42. The molecule has 1 atom stereocenters. The van der Waals surface area contributed by atoms with Crippen LogP contribution in [0.3, 0.4) is 0 Å². The summed E-state index contributed by atoms with van der Waals surface area (Å²) >= 11 is 3.64. The number of fused-ring (bicyclic) bond motifs is 1. The molecule has 3 fully saturated rings. The molecule has 4 nitrogen and oxygen atoms in total. The van der Waals surface area contributed by atoms with Crippen LogP contribution >= 0.6 is 15.9 Å². The first-order chi connectivity index (χ1) is 13.6. The molecule has 0 aromatic heterocycles. The Balaban J connectivity index is 1.63. The highest BCUT2D eigenvalue weighted by molar-refractivity contribution is 9.10. The molecule has 0 amide bonds. The minimum atomic E-state index is 0.0768. The van der Waals surface area contributed by atoms with Gasteiger partial charge in [-0.3, -0.25) is 0 Å². The normalized spacial score (nSPS) is 30.2. The van der Waals surface area contributed by atoms with Gasteiger partial charge >= 0.3 is 0 Å². The van der Waals surface area contributed by atoms with Crippen LogP contribution in [0.4, 0.5) is 5.69 Å². The van der Waals surface area contributed by atoms with Crippen LogP contribution < -0.4 is 0 Å². The predicted molar refractivity (Wildman–Crippen MR) is 114 cm³/mol. The van der Waals surface area contributed by atoms with E-state index >= 15 is 0 Å². The van der Waals surface area contributed by atoms with Gasteiger partial charge in [-0.15, -0.1) is 0 Å². The van der Waals surface area contributed by atoms with Crippen molar-refractivity contribution in [3.05, 3.63) is 64.1 Å². The van der Waals surface area contributed by atoms with E-state index in [4.69, 9.17) is 9.73 Å². The zero-order chi connectivity index (χ0) is 19.4. The minimum Gasteiger partial charge on any atom is -0.396 e. The van der Waals surface area contributed by atoms with Gasteiger partial charge in [0.25, 0.3) is 0 Å². The average Bonchev–Trinajstić information content (AvgIpc) is 2.65. The molecule has 3 aliphatic carbocycles. The fraction of sp³-hybridized carbons (Fsp3) is 0.435. The maximum atomic E-state index is 9.55. The number of nitrogens with zero attached hydrogens (tertiary/aromatic N) is 2. The Morgan fingerprint density at radius 3 is 2.61 bits per heavy atom. The number of rotatable bonds is 6. The molecule has 0 radical (unpaired) electrons. The maximum absolute atomic E-state index is 9.55. The van der Waals surface area contributed by atoms with Gasteiger partial charge in [-0.25, -0.2) is 4.99 Å². The topological polar surface area (TPSA) is 45.1 Å². The number of ether oxygens (including phenoxy) is 1. The number of amidine groups is 1. The van der Waals surface area contributed by atoms with Crippen molar-refractivity contribution in [2.45, 2.75) is 37.3 Å². The third kappa shape index (κ3) is 2.67. The van der Waals surface area contributed by atoms with Crippen molar-refractivity contribution in [3.8, 4) is 0 Å². The van der Waals surface area contributed by atoms with Crippen molar-refractivity contribution < 1.29 is 9.84 Å². The first-order valence-electron chi connectivity index (χ1n) is 9.96. The molecule has 1 unspecified atom stereocenters. The summed E-state index contributed by atoms with van der Waals surface area (Å²) in [6.07, 6.45) is 3.90. The molecule has 2 aromatic rings. The van der Waals surface area contributed by atoms with Crippen LogP contribution in [0.2, 0.25) is 0 Å². The molecule has 1 aliphatic heterocycles. The summed E-state index contributed by atoms with van der Waals surface area (Å²) in [5, 5.41) is 9.55. The molecule has 28 heavy (non-hydrogen) atoms. The molecular weight excluding hydrogens is 416 g/mol. The molecule has 0 spiro atoms. The highest BCUT2D eigenvalue weighted by atomic mass is 79.9. The summed E-state index contributed by atoms with van der Waals surface area (Å²) in [5.41, 5.74) is 3.75. The van der Waals surface area contributed by atoms with Gasteiger partial charge < -0.3 is 14.7 Å². The van der Waals surface area contributed by atoms with Gasteiger partial charge in [0.1, 0.15) is 5.84 Å². The fourth-order valence-electron chi connectivity index (χ4n) is 5.36. The van der Waals surface area contributed by atoms with Crippen molar-refractivity contribution in [1.82, 2.24) is 4.90 Å². The Bertz CT molecular complexity index is 908. The van der Waals surface area contributed by atoms with Crippen molar-refractivity contribution >= 4 is 27.5 Å². The number of halogens is 1. The van der Waals surface area contributed by atoms with Crippen LogP contribution in [-0.2, 0) is 4.74 Å². The van der Waals surface area contributed by atoms with Gasteiger partial charge in [-0.1, -0.05) is 46.3 Å². The molecule has 0 saturated heterocycles. The van der Waals surface area contributed by atoms with E-state index in [9.17, 15) is 5.11 Å². The zero-order valence-electron chi connectivity index (χ0n) is 16.1. The summed E-state index contributed by atoms with van der Waals surface area (Å²) < 4.78 is 6.82. The van der Waals surface area contributed by atoms with Crippen LogP contribution in [0, 0.1) is 5.41 Å². The van der Waals surface area contributed by atoms with E-state index < -0.39 is 0 Å². The molecule has 2 bridgehead atoms. The van der Waals surface area contributed by atoms with Gasteiger partial charge in [0.15, 0.2) is 0 Å². The summed E-state index contributed by atoms with van der Waals surface area (Å²) in [6, 6.07) is 17.2. The molecule has 4 aliphatic rings. The summed E-state index contributed by atoms with van der Waals surface area (Å²) in [7, 11) is 1.83. The predicted octanol–water partition coefficient (Wildman–Crippen LogP) is 4.84. The quantitative estimate of drug-likeness (QED) is 0.698. The number of aliphatic hydroxyl groups excluding tert-OH is 1. The van der Waals surface area contributed by atoms with Crippen molar-refractivity contribution in [2.24, 2.45) is 10.4 Å². The summed E-state index contributed by atoms with van der Waals surface area (Å²) in [4.78, 5) is 7.62. The molecule has 146 valence electrons. The monoisotopic (exact) mass is 440 g/mol. The molecule has 1 N–H and O–H groups in total. The SMILES string of the molecule is COC12CC(C3=Nc4ccc(Br)cc4C(c4ccccc4)N3CCCO)(C1)C2. The van der Waals surface area contributed by atoms with E-state index in [1.807, 2.05) is 7.11 Å². The number of methoxy groups -OCH3 is 1. The largest absolute Gasteiger partial charge is 0.396 e. The Kier molecular flexibility index (Phi) is 4.38. The average molecular weight is 441 g/mol. The smallest absolute Gasteiger partial charge is 0.112 e. The summed E-state index contributed by atoms with van der Waals surface area (Å²) in [6.45, 7) is 0.980. The first kappa shape index (κ1) is 18.3. The molecular formula is C23H25BrN2O2. The standard InChI is InChI=1S/C23H25BrN2O2/c1-28-23-13-22(14-23,15-23)21-25-19-9-8-17(24)12-18(19)20(26(21)10-5-11-27)16-6-3-2-4-7-16/h2-4,6-9,12,20,27H,5,10-11,13-15H2,1H3. The van der Waals surface area contributed by atoms with E-state index in [0.717, 1.165) is 42.4 Å². The van der Waals surface area contributed by atoms with Crippen LogP contribution in [0.25, 0.3) is 0 Å². The van der Waals surface area contributed by atoms with Gasteiger partial charge in [-0.2, -0.15) is 0 Å². The lowest BCUT2D eigenvalue weighted by molar-refractivity contribution is -0.244. The second-order valence-corrected chi connectivity index (χ2v) is 9.34. The van der Waals surface area contributed by atoms with Crippen LogP contribution in [-0.4, -0.2) is 41.7 Å². The number of benzene rings is 2. The lowest BCUT2D eigenvalue weighted by Crippen LogP contribution is -2.73. The number of aliphatic imine (C=N–C) groups is 1. The Labute approximate surface area is 174 Å². The van der Waals surface area contributed by atoms with Gasteiger partial charge in [0.05, 0.1) is 17.3 Å². The first-order valence-corrected chi connectivity index (χ1v) is 10.8. The molecule has 1 heterocycles. The van der Waals surface area contributed by atoms with Crippen LogP contribution in [0.5, 0.6) is 0 Å². The zero-order valence-corrected chi connectivity index (χ0v) is 17.7. The molecule has 3 saturated carbocycles. The Morgan fingerprint density at radius 1 is 1.18 bits per heavy atom. The molecule has 5 heteroatoms. The van der Waals surface area contributed by atoms with Crippen molar-refractivity contribution in [3.63, 3.8) is 0 Å². The lowest BCUT2D eigenvalue weighted by atomic mass is 9.40. The maximum Gasteiger partial charge on any atom is 0.112 e. The van der Waals surface area contributed by atoms with E-state index in [0.29, 0.717) is 0 Å². The van der Waals surface area contributed by atoms with Crippen molar-refractivity contribution in [2.75, 3.05) is 20.3 Å². The highest BCUT2D eigenvalue weighted by Gasteiger charge is 2.72. The third-order valence-corrected chi connectivity index (χ3v) is 7.15. The van der Waals surface area contributed by atoms with Crippen molar-refractivity contribution in [1.29, 1.82) is 0 Å². The highest BCUT2D eigenvalue weighted by Crippen LogP contribution is 2.70. The van der Waals surface area contributed by atoms with E-state index in [1.165, 1.54) is 17.0 Å². The third-order valence-electron chi connectivity index (χ3n) is 6.66. The number of hydrogen-bond donors (Lipinski definition) is 1. The van der Waals surface area contributed by atoms with Gasteiger partial charge in [0, 0.05) is 35.7 Å². The van der Waals surface area contributed by atoms with E-state index in [2.05, 4.69) is 69.4 Å².